The predicted octanol–water partition coefficient (Wildman–Crippen LogP) is 4.38. The Balaban J connectivity index is 1.93. The molecule has 25 heavy (non-hydrogen) atoms. The molecule has 0 fully saturated rings. The van der Waals surface area contributed by atoms with Gasteiger partial charge in [-0.15, -0.1) is 10.2 Å². The lowest BCUT2D eigenvalue weighted by Gasteiger charge is -2.19. The highest BCUT2D eigenvalue weighted by atomic mass is 16.4. The predicted molar refractivity (Wildman–Crippen MR) is 102 cm³/mol. The van der Waals surface area contributed by atoms with Crippen molar-refractivity contribution in [3.05, 3.63) is 36.2 Å². The van der Waals surface area contributed by atoms with Crippen molar-refractivity contribution in [1.29, 1.82) is 0 Å². The molecule has 2 heterocycles. The van der Waals surface area contributed by atoms with Gasteiger partial charge in [0.2, 0.25) is 5.89 Å². The topological polar surface area (TPSA) is 47.1 Å². The van der Waals surface area contributed by atoms with Gasteiger partial charge in [-0.1, -0.05) is 45.4 Å². The monoisotopic (exact) mass is 340 g/mol. The summed E-state index contributed by atoms with van der Waals surface area (Å²) in [5, 5.41) is 9.75. The third kappa shape index (κ3) is 3.93. The number of benzene rings is 1. The van der Waals surface area contributed by atoms with E-state index in [4.69, 9.17) is 4.42 Å². The zero-order valence-electron chi connectivity index (χ0n) is 15.5. The Morgan fingerprint density at radius 3 is 2.64 bits per heavy atom. The van der Waals surface area contributed by atoms with Crippen molar-refractivity contribution in [3.63, 3.8) is 0 Å². The van der Waals surface area contributed by atoms with Crippen molar-refractivity contribution in [1.82, 2.24) is 19.7 Å². The second-order valence-electron chi connectivity index (χ2n) is 6.37. The van der Waals surface area contributed by atoms with Crippen LogP contribution in [0.3, 0.4) is 0 Å². The number of aryl methyl sites for hydroxylation is 1. The maximum atomic E-state index is 5.94. The van der Waals surface area contributed by atoms with Crippen LogP contribution in [0.15, 0.2) is 34.7 Å². The Morgan fingerprint density at radius 1 is 1.08 bits per heavy atom. The molecule has 5 nitrogen and oxygen atoms in total. The van der Waals surface area contributed by atoms with Crippen molar-refractivity contribution < 1.29 is 4.42 Å². The normalized spacial score (nSPS) is 11.7. The maximum Gasteiger partial charge on any atom is 0.264 e. The van der Waals surface area contributed by atoms with E-state index < -0.39 is 0 Å². The molecule has 5 heteroatoms. The molecule has 0 saturated heterocycles. The van der Waals surface area contributed by atoms with Gasteiger partial charge in [-0.3, -0.25) is 0 Å². The molecule has 0 saturated carbocycles. The molecule has 0 bridgehead atoms. The summed E-state index contributed by atoms with van der Waals surface area (Å²) < 4.78 is 8.26. The Morgan fingerprint density at radius 2 is 1.88 bits per heavy atom. The number of hydrogen-bond acceptors (Lipinski definition) is 4. The van der Waals surface area contributed by atoms with Gasteiger partial charge in [-0.05, 0) is 31.6 Å². The minimum Gasteiger partial charge on any atom is -0.419 e. The lowest BCUT2D eigenvalue weighted by molar-refractivity contribution is 0.292. The number of nitrogens with zero attached hydrogens (tertiary/aromatic N) is 4. The van der Waals surface area contributed by atoms with Gasteiger partial charge in [-0.25, -0.2) is 0 Å². The van der Waals surface area contributed by atoms with Gasteiger partial charge in [0.05, 0.1) is 0 Å². The van der Waals surface area contributed by atoms with E-state index in [0.29, 0.717) is 5.89 Å². The number of hydrogen-bond donors (Lipinski definition) is 0. The largest absolute Gasteiger partial charge is 0.419 e. The average molecular weight is 340 g/mol. The van der Waals surface area contributed by atoms with E-state index in [0.717, 1.165) is 57.0 Å². The fourth-order valence-electron chi connectivity index (χ4n) is 3.20. The van der Waals surface area contributed by atoms with Gasteiger partial charge in [0.25, 0.3) is 5.89 Å². The van der Waals surface area contributed by atoms with E-state index in [9.17, 15) is 0 Å². The summed E-state index contributed by atoms with van der Waals surface area (Å²) in [6.07, 6.45) is 3.05. The zero-order valence-corrected chi connectivity index (χ0v) is 15.5. The highest BCUT2D eigenvalue weighted by Gasteiger charge is 2.16. The zero-order chi connectivity index (χ0) is 17.6. The highest BCUT2D eigenvalue weighted by molar-refractivity contribution is 5.85. The second-order valence-corrected chi connectivity index (χ2v) is 6.37. The second kappa shape index (κ2) is 8.30. The van der Waals surface area contributed by atoms with Gasteiger partial charge >= 0.3 is 0 Å². The third-order valence-corrected chi connectivity index (χ3v) is 4.77. The lowest BCUT2D eigenvalue weighted by atomic mass is 10.2. The van der Waals surface area contributed by atoms with Crippen molar-refractivity contribution >= 4 is 10.9 Å². The average Bonchev–Trinajstić information content (AvgIpc) is 3.25. The molecule has 0 N–H and O–H groups in total. The molecule has 134 valence electrons. The quantitative estimate of drug-likeness (QED) is 0.580. The van der Waals surface area contributed by atoms with Crippen LogP contribution in [-0.4, -0.2) is 39.3 Å². The van der Waals surface area contributed by atoms with Gasteiger partial charge in [0, 0.05) is 30.4 Å². The molecular weight excluding hydrogens is 312 g/mol. The first-order valence-corrected chi connectivity index (χ1v) is 9.40. The van der Waals surface area contributed by atoms with E-state index in [-0.39, 0.29) is 0 Å². The first kappa shape index (κ1) is 17.7. The van der Waals surface area contributed by atoms with Crippen molar-refractivity contribution in [3.8, 4) is 11.6 Å². The van der Waals surface area contributed by atoms with Crippen molar-refractivity contribution in [2.75, 3.05) is 19.6 Å². The third-order valence-electron chi connectivity index (χ3n) is 4.77. The Labute approximate surface area is 149 Å². The van der Waals surface area contributed by atoms with Crippen LogP contribution in [0.5, 0.6) is 0 Å². The molecule has 3 rings (SSSR count). The summed E-state index contributed by atoms with van der Waals surface area (Å²) in [5.41, 5.74) is 2.24. The Bertz CT molecular complexity index is 801. The van der Waals surface area contributed by atoms with E-state index in [1.807, 2.05) is 0 Å². The molecule has 0 aliphatic heterocycles. The first-order valence-electron chi connectivity index (χ1n) is 9.40. The standard InChI is InChI=1S/C20H28N4O/c1-4-7-12-19-21-22-20(25-19)18-15-16-10-8-9-11-17(16)24(18)14-13-23(5-2)6-3/h8-11,15H,4-7,12-14H2,1-3H3. The van der Waals surface area contributed by atoms with Crippen LogP contribution in [0.4, 0.5) is 0 Å². The summed E-state index contributed by atoms with van der Waals surface area (Å²) in [6, 6.07) is 10.6. The molecule has 0 atom stereocenters. The summed E-state index contributed by atoms with van der Waals surface area (Å²) in [6.45, 7) is 10.6. The SMILES string of the molecule is CCCCc1nnc(-c2cc3ccccc3n2CCN(CC)CC)o1. The molecule has 1 aromatic carbocycles. The van der Waals surface area contributed by atoms with Gasteiger partial charge in [0.1, 0.15) is 5.69 Å². The highest BCUT2D eigenvalue weighted by Crippen LogP contribution is 2.27. The molecule has 2 aromatic heterocycles. The van der Waals surface area contributed by atoms with Crippen molar-refractivity contribution in [2.45, 2.75) is 46.6 Å². The molecule has 0 spiro atoms. The van der Waals surface area contributed by atoms with Crippen LogP contribution in [-0.2, 0) is 13.0 Å². The smallest absolute Gasteiger partial charge is 0.264 e. The van der Waals surface area contributed by atoms with Crippen LogP contribution < -0.4 is 0 Å². The van der Waals surface area contributed by atoms with Gasteiger partial charge in [-0.2, -0.15) is 0 Å². The molecule has 0 aliphatic carbocycles. The number of rotatable bonds is 9. The molecule has 0 unspecified atom stereocenters. The van der Waals surface area contributed by atoms with Crippen LogP contribution in [0.2, 0.25) is 0 Å². The Kier molecular flexibility index (Phi) is 5.87. The minimum atomic E-state index is 0.627. The Hall–Kier alpha value is -2.14. The summed E-state index contributed by atoms with van der Waals surface area (Å²) in [4.78, 5) is 2.43. The lowest BCUT2D eigenvalue weighted by Crippen LogP contribution is -2.27. The summed E-state index contributed by atoms with van der Waals surface area (Å²) in [5.74, 6) is 1.36. The number of para-hydroxylation sites is 1. The van der Waals surface area contributed by atoms with Gasteiger partial charge < -0.3 is 13.9 Å². The molecule has 0 amide bonds. The van der Waals surface area contributed by atoms with E-state index in [1.54, 1.807) is 0 Å². The fourth-order valence-corrected chi connectivity index (χ4v) is 3.20. The number of likely N-dealkylation sites (N-methyl/N-ethyl adjacent to an activating group) is 1. The number of aromatic nitrogens is 3. The van der Waals surface area contributed by atoms with E-state index in [2.05, 4.69) is 70.8 Å². The number of unbranched alkanes of at least 4 members (excludes halogenated alkanes) is 1. The van der Waals surface area contributed by atoms with Gasteiger partial charge in [0.15, 0.2) is 0 Å². The molecule has 0 radical (unpaired) electrons. The minimum absolute atomic E-state index is 0.627. The van der Waals surface area contributed by atoms with E-state index >= 15 is 0 Å². The van der Waals surface area contributed by atoms with Crippen LogP contribution in [0.1, 0.15) is 39.5 Å². The molecule has 3 aromatic rings. The fraction of sp³-hybridized carbons (Fsp3) is 0.500. The summed E-state index contributed by atoms with van der Waals surface area (Å²) >= 11 is 0. The molecular formula is C20H28N4O. The van der Waals surface area contributed by atoms with E-state index in [1.165, 1.54) is 10.9 Å². The number of fused-ring (bicyclic) bond motifs is 1. The maximum absolute atomic E-state index is 5.94. The summed E-state index contributed by atoms with van der Waals surface area (Å²) in [7, 11) is 0. The van der Waals surface area contributed by atoms with Crippen LogP contribution in [0, 0.1) is 0 Å². The first-order chi connectivity index (χ1) is 12.3. The molecule has 0 aliphatic rings. The van der Waals surface area contributed by atoms with Crippen molar-refractivity contribution in [2.24, 2.45) is 0 Å². The van der Waals surface area contributed by atoms with Crippen LogP contribution >= 0.6 is 0 Å². The van der Waals surface area contributed by atoms with Crippen LogP contribution in [0.25, 0.3) is 22.5 Å².